The molecule has 1 amide bonds. The molecule has 164 valence electrons. The molecule has 0 saturated heterocycles. The number of aromatic nitrogens is 2. The van der Waals surface area contributed by atoms with Crippen LogP contribution in [0.3, 0.4) is 0 Å². The molecule has 0 spiro atoms. The number of rotatable bonds is 4. The van der Waals surface area contributed by atoms with E-state index in [1.54, 1.807) is 24.3 Å². The average molecular weight is 562 g/mol. The first kappa shape index (κ1) is 21.9. The zero-order valence-electron chi connectivity index (χ0n) is 16.1. The first-order valence-electron chi connectivity index (χ1n) is 9.44. The van der Waals surface area contributed by atoms with Crippen molar-refractivity contribution in [1.29, 1.82) is 0 Å². The summed E-state index contributed by atoms with van der Waals surface area (Å²) in [6, 6.07) is 7.78. The molecule has 2 atom stereocenters. The zero-order chi connectivity index (χ0) is 22.3. The molecule has 0 radical (unpaired) electrons. The third kappa shape index (κ3) is 4.38. The number of aryl methyl sites for hydroxylation is 1. The number of carbonyl (C=O) groups is 1. The van der Waals surface area contributed by atoms with Gasteiger partial charge in [-0.2, -0.15) is 18.3 Å². The molecule has 0 unspecified atom stereocenters. The normalized spacial score (nSPS) is 18.4. The molecule has 1 aromatic carbocycles. The summed E-state index contributed by atoms with van der Waals surface area (Å²) in [6.45, 7) is 2.01. The molecular formula is C20H17Br2F3N4O2. The number of hydrogen-bond acceptors (Lipinski definition) is 4. The molecule has 6 nitrogen and oxygen atoms in total. The average Bonchev–Trinajstić information content (AvgIpc) is 3.31. The van der Waals surface area contributed by atoms with Gasteiger partial charge in [0.2, 0.25) is 0 Å². The van der Waals surface area contributed by atoms with Crippen molar-refractivity contribution in [2.75, 3.05) is 10.6 Å². The van der Waals surface area contributed by atoms with Crippen molar-refractivity contribution in [1.82, 2.24) is 9.78 Å². The second kappa shape index (κ2) is 8.34. The SMILES string of the molecule is CCc1ccc(NC(=O)c2nn3c(c2Br)N[C@H](c2ccc(Br)o2)C[C@@H]3C(F)(F)F)cc1. The highest BCUT2D eigenvalue weighted by Gasteiger charge is 2.48. The standard InChI is InChI=1S/C20H17Br2F3N4O2/c1-2-10-3-5-11(6-4-10)26-19(30)17-16(22)18-27-12(13-7-8-15(21)31-13)9-14(20(23,24)25)29(18)28-17/h3-8,12,14,27H,2,9H2,1H3,(H,26,30)/t12-,14+/m0/s1. The molecule has 1 aliphatic rings. The maximum absolute atomic E-state index is 13.8. The number of carbonyl (C=O) groups excluding carboxylic acids is 1. The monoisotopic (exact) mass is 560 g/mol. The van der Waals surface area contributed by atoms with Crippen LogP contribution in [0.1, 0.15) is 47.2 Å². The molecule has 11 heteroatoms. The first-order valence-corrected chi connectivity index (χ1v) is 11.0. The Bertz CT molecular complexity index is 1110. The molecule has 0 bridgehead atoms. The molecule has 31 heavy (non-hydrogen) atoms. The highest BCUT2D eigenvalue weighted by molar-refractivity contribution is 9.10. The van der Waals surface area contributed by atoms with Gasteiger partial charge in [0.15, 0.2) is 16.4 Å². The van der Waals surface area contributed by atoms with Crippen LogP contribution in [0.5, 0.6) is 0 Å². The Morgan fingerprint density at radius 3 is 2.55 bits per heavy atom. The van der Waals surface area contributed by atoms with Crippen molar-refractivity contribution in [3.8, 4) is 0 Å². The molecule has 2 aromatic heterocycles. The number of benzene rings is 1. The van der Waals surface area contributed by atoms with Gasteiger partial charge in [0.25, 0.3) is 5.91 Å². The van der Waals surface area contributed by atoms with Crippen LogP contribution in [0.15, 0.2) is 50.0 Å². The summed E-state index contributed by atoms with van der Waals surface area (Å²) < 4.78 is 48.3. The van der Waals surface area contributed by atoms with E-state index in [9.17, 15) is 18.0 Å². The van der Waals surface area contributed by atoms with E-state index in [1.165, 1.54) is 0 Å². The first-order chi connectivity index (χ1) is 14.7. The quantitative estimate of drug-likeness (QED) is 0.382. The van der Waals surface area contributed by atoms with Crippen LogP contribution in [0.25, 0.3) is 0 Å². The van der Waals surface area contributed by atoms with Crippen LogP contribution in [0, 0.1) is 0 Å². The number of hydrogen-bond donors (Lipinski definition) is 2. The van der Waals surface area contributed by atoms with E-state index in [2.05, 4.69) is 47.6 Å². The molecule has 0 fully saturated rings. The minimum Gasteiger partial charge on any atom is -0.452 e. The van der Waals surface area contributed by atoms with Crippen molar-refractivity contribution >= 4 is 49.3 Å². The molecule has 4 rings (SSSR count). The lowest BCUT2D eigenvalue weighted by Gasteiger charge is -2.32. The number of nitrogens with zero attached hydrogens (tertiary/aromatic N) is 2. The third-order valence-electron chi connectivity index (χ3n) is 5.07. The topological polar surface area (TPSA) is 72.1 Å². The van der Waals surface area contributed by atoms with Crippen molar-refractivity contribution in [2.24, 2.45) is 0 Å². The smallest absolute Gasteiger partial charge is 0.410 e. The van der Waals surface area contributed by atoms with E-state index in [-0.39, 0.29) is 22.4 Å². The highest BCUT2D eigenvalue weighted by Crippen LogP contribution is 2.46. The number of halogens is 5. The fraction of sp³-hybridized carbons (Fsp3) is 0.300. The summed E-state index contributed by atoms with van der Waals surface area (Å²) in [5, 5.41) is 9.69. The van der Waals surface area contributed by atoms with Crippen LogP contribution in [0.2, 0.25) is 0 Å². The molecule has 1 aliphatic heterocycles. The van der Waals surface area contributed by atoms with Gasteiger partial charge in [-0.25, -0.2) is 4.68 Å². The number of anilines is 2. The van der Waals surface area contributed by atoms with Gasteiger partial charge in [0, 0.05) is 12.1 Å². The Hall–Kier alpha value is -2.27. The number of furan rings is 1. The molecule has 3 aromatic rings. The Kier molecular flexibility index (Phi) is 5.91. The summed E-state index contributed by atoms with van der Waals surface area (Å²) in [4.78, 5) is 12.8. The fourth-order valence-electron chi connectivity index (χ4n) is 3.45. The van der Waals surface area contributed by atoms with Gasteiger partial charge < -0.3 is 15.1 Å². The largest absolute Gasteiger partial charge is 0.452 e. The van der Waals surface area contributed by atoms with Gasteiger partial charge in [0.05, 0.1) is 10.5 Å². The van der Waals surface area contributed by atoms with Crippen molar-refractivity contribution < 1.29 is 22.4 Å². The van der Waals surface area contributed by atoms with Crippen LogP contribution in [-0.2, 0) is 6.42 Å². The summed E-state index contributed by atoms with van der Waals surface area (Å²) in [5.74, 6) is -0.196. The zero-order valence-corrected chi connectivity index (χ0v) is 19.3. The van der Waals surface area contributed by atoms with Gasteiger partial charge in [0.1, 0.15) is 11.6 Å². The van der Waals surface area contributed by atoms with Gasteiger partial charge >= 0.3 is 6.18 Å². The Morgan fingerprint density at radius 2 is 1.97 bits per heavy atom. The molecular weight excluding hydrogens is 545 g/mol. The molecule has 0 saturated carbocycles. The maximum atomic E-state index is 13.8. The van der Waals surface area contributed by atoms with Gasteiger partial charge in [-0.15, -0.1) is 0 Å². The Balaban J connectivity index is 1.66. The minimum absolute atomic E-state index is 0.0672. The lowest BCUT2D eigenvalue weighted by Crippen LogP contribution is -2.35. The van der Waals surface area contributed by atoms with E-state index < -0.39 is 24.2 Å². The summed E-state index contributed by atoms with van der Waals surface area (Å²) in [6.07, 6.45) is -4.04. The van der Waals surface area contributed by atoms with E-state index in [1.807, 2.05) is 19.1 Å². The predicted molar refractivity (Wildman–Crippen MR) is 116 cm³/mol. The lowest BCUT2D eigenvalue weighted by molar-refractivity contribution is -0.174. The lowest BCUT2D eigenvalue weighted by atomic mass is 10.0. The second-order valence-corrected chi connectivity index (χ2v) is 8.67. The van der Waals surface area contributed by atoms with Crippen LogP contribution < -0.4 is 10.6 Å². The van der Waals surface area contributed by atoms with Gasteiger partial charge in [-0.1, -0.05) is 19.1 Å². The number of amides is 1. The van der Waals surface area contributed by atoms with E-state index in [0.29, 0.717) is 16.1 Å². The third-order valence-corrected chi connectivity index (χ3v) is 6.25. The van der Waals surface area contributed by atoms with Crippen molar-refractivity contribution in [2.45, 2.75) is 38.0 Å². The van der Waals surface area contributed by atoms with Crippen LogP contribution in [0.4, 0.5) is 24.7 Å². The predicted octanol–water partition coefficient (Wildman–Crippen LogP) is 6.48. The van der Waals surface area contributed by atoms with Crippen molar-refractivity contribution in [3.63, 3.8) is 0 Å². The molecule has 2 N–H and O–H groups in total. The number of fused-ring (bicyclic) bond motifs is 1. The fourth-order valence-corrected chi connectivity index (χ4v) is 4.33. The van der Waals surface area contributed by atoms with E-state index in [4.69, 9.17) is 4.42 Å². The Labute approximate surface area is 192 Å². The molecule has 0 aliphatic carbocycles. The molecule has 3 heterocycles. The summed E-state index contributed by atoms with van der Waals surface area (Å²) in [5.41, 5.74) is 1.49. The van der Waals surface area contributed by atoms with Crippen LogP contribution >= 0.6 is 31.9 Å². The Morgan fingerprint density at radius 1 is 1.26 bits per heavy atom. The number of nitrogens with one attached hydrogen (secondary N) is 2. The summed E-state index contributed by atoms with van der Waals surface area (Å²) >= 11 is 6.43. The van der Waals surface area contributed by atoms with Gasteiger partial charge in [-0.3, -0.25) is 4.79 Å². The van der Waals surface area contributed by atoms with E-state index >= 15 is 0 Å². The van der Waals surface area contributed by atoms with Crippen LogP contribution in [-0.4, -0.2) is 21.9 Å². The second-order valence-electron chi connectivity index (χ2n) is 7.09. The van der Waals surface area contributed by atoms with Gasteiger partial charge in [-0.05, 0) is 68.1 Å². The van der Waals surface area contributed by atoms with E-state index in [0.717, 1.165) is 16.7 Å². The minimum atomic E-state index is -4.56. The highest BCUT2D eigenvalue weighted by atomic mass is 79.9. The van der Waals surface area contributed by atoms with Crippen molar-refractivity contribution in [3.05, 3.63) is 62.6 Å². The summed E-state index contributed by atoms with van der Waals surface area (Å²) in [7, 11) is 0. The maximum Gasteiger partial charge on any atom is 0.410 e. The number of alkyl halides is 3.